The van der Waals surface area contributed by atoms with Gasteiger partial charge in [-0.05, 0) is 60.7 Å². The highest BCUT2D eigenvalue weighted by molar-refractivity contribution is 7.71. The van der Waals surface area contributed by atoms with Crippen LogP contribution >= 0.6 is 12.2 Å². The SMILES string of the molecule is C[NH+](Cc1ccc(OC(F)F)cc1)Cn1nc([C@@H]2COc3ccccc3O2)n(-c2ccccc2)c1=S. The lowest BCUT2D eigenvalue weighted by atomic mass is 10.2. The van der Waals surface area contributed by atoms with Crippen LogP contribution in [-0.4, -0.2) is 34.6 Å². The second-order valence-corrected chi connectivity index (χ2v) is 8.86. The summed E-state index contributed by atoms with van der Waals surface area (Å²) in [5, 5.41) is 4.86. The molecule has 10 heteroatoms. The van der Waals surface area contributed by atoms with E-state index >= 15 is 0 Å². The normalized spacial score (nSPS) is 15.6. The van der Waals surface area contributed by atoms with E-state index in [-0.39, 0.29) is 5.75 Å². The minimum absolute atomic E-state index is 0.135. The van der Waals surface area contributed by atoms with E-state index in [9.17, 15) is 8.78 Å². The van der Waals surface area contributed by atoms with Crippen LogP contribution in [0.2, 0.25) is 0 Å². The molecule has 1 aliphatic heterocycles. The summed E-state index contributed by atoms with van der Waals surface area (Å²) in [5.41, 5.74) is 1.86. The molecule has 36 heavy (non-hydrogen) atoms. The molecule has 0 bridgehead atoms. The number of ether oxygens (including phenoxy) is 3. The average Bonchev–Trinajstić information content (AvgIpc) is 3.20. The average molecular weight is 512 g/mol. The fourth-order valence-electron chi connectivity index (χ4n) is 4.15. The summed E-state index contributed by atoms with van der Waals surface area (Å²) in [4.78, 5) is 1.10. The lowest BCUT2D eigenvalue weighted by Crippen LogP contribution is -3.07. The molecule has 0 fully saturated rings. The van der Waals surface area contributed by atoms with Crippen molar-refractivity contribution in [2.45, 2.75) is 25.9 Å². The highest BCUT2D eigenvalue weighted by Crippen LogP contribution is 2.36. The second-order valence-electron chi connectivity index (χ2n) is 8.49. The maximum Gasteiger partial charge on any atom is 0.387 e. The summed E-state index contributed by atoms with van der Waals surface area (Å²) in [6.45, 7) is -1.40. The number of aromatic nitrogens is 3. The molecule has 3 aromatic carbocycles. The topological polar surface area (TPSA) is 54.9 Å². The Morgan fingerprint density at radius 2 is 1.72 bits per heavy atom. The molecule has 7 nitrogen and oxygen atoms in total. The summed E-state index contributed by atoms with van der Waals surface area (Å²) in [5.74, 6) is 2.15. The second kappa shape index (κ2) is 10.5. The van der Waals surface area contributed by atoms with Crippen molar-refractivity contribution in [3.8, 4) is 22.9 Å². The Labute approximate surface area is 212 Å². The van der Waals surface area contributed by atoms with E-state index < -0.39 is 12.7 Å². The van der Waals surface area contributed by atoms with Crippen LogP contribution in [0.1, 0.15) is 17.5 Å². The number of rotatable bonds is 8. The predicted octanol–water partition coefficient (Wildman–Crippen LogP) is 4.19. The molecule has 2 atom stereocenters. The van der Waals surface area contributed by atoms with Gasteiger partial charge in [-0.2, -0.15) is 13.5 Å². The van der Waals surface area contributed by atoms with E-state index in [4.69, 9.17) is 26.8 Å². The summed E-state index contributed by atoms with van der Waals surface area (Å²) >= 11 is 5.85. The minimum Gasteiger partial charge on any atom is -0.485 e. The van der Waals surface area contributed by atoms with Gasteiger partial charge >= 0.3 is 6.61 Å². The van der Waals surface area contributed by atoms with Gasteiger partial charge in [-0.25, -0.2) is 0 Å². The van der Waals surface area contributed by atoms with Gasteiger partial charge in [0.15, 0.2) is 30.1 Å². The van der Waals surface area contributed by atoms with Gasteiger partial charge in [-0.3, -0.25) is 4.57 Å². The molecule has 186 valence electrons. The fourth-order valence-corrected chi connectivity index (χ4v) is 4.46. The van der Waals surface area contributed by atoms with E-state index in [1.807, 2.05) is 66.2 Å². The molecular formula is C26H25F2N4O3S+. The monoisotopic (exact) mass is 511 g/mol. The van der Waals surface area contributed by atoms with Gasteiger partial charge in [0, 0.05) is 11.3 Å². The van der Waals surface area contributed by atoms with E-state index in [2.05, 4.69) is 4.74 Å². The van der Waals surface area contributed by atoms with Crippen LogP contribution in [0.3, 0.4) is 0 Å². The van der Waals surface area contributed by atoms with Crippen LogP contribution in [-0.2, 0) is 13.2 Å². The highest BCUT2D eigenvalue weighted by atomic mass is 32.1. The Kier molecular flexibility index (Phi) is 6.97. The molecule has 0 spiro atoms. The van der Waals surface area contributed by atoms with E-state index in [0.29, 0.717) is 41.9 Å². The van der Waals surface area contributed by atoms with Gasteiger partial charge in [-0.15, -0.1) is 5.10 Å². The van der Waals surface area contributed by atoms with Crippen molar-refractivity contribution < 1.29 is 27.9 Å². The molecular weight excluding hydrogens is 486 g/mol. The maximum absolute atomic E-state index is 12.4. The summed E-state index contributed by atoms with van der Waals surface area (Å²) in [6, 6.07) is 24.0. The number of fused-ring (bicyclic) bond motifs is 1. The number of halogens is 2. The zero-order valence-electron chi connectivity index (χ0n) is 19.5. The van der Waals surface area contributed by atoms with Gasteiger partial charge in [0.1, 0.15) is 18.9 Å². The number of hydrogen-bond acceptors (Lipinski definition) is 5. The number of alkyl halides is 2. The van der Waals surface area contributed by atoms with Gasteiger partial charge in [-0.1, -0.05) is 30.3 Å². The third-order valence-electron chi connectivity index (χ3n) is 5.75. The first kappa shape index (κ1) is 24.0. The third kappa shape index (κ3) is 5.24. The number of hydrogen-bond donors (Lipinski definition) is 1. The van der Waals surface area contributed by atoms with Crippen LogP contribution in [0.25, 0.3) is 5.69 Å². The first-order chi connectivity index (χ1) is 17.5. The molecule has 5 rings (SSSR count). The van der Waals surface area contributed by atoms with E-state index in [1.54, 1.807) is 28.9 Å². The molecule has 0 saturated heterocycles. The quantitative estimate of drug-likeness (QED) is 0.360. The third-order valence-corrected chi connectivity index (χ3v) is 6.14. The summed E-state index contributed by atoms with van der Waals surface area (Å²) in [7, 11) is 2.02. The molecule has 0 aliphatic carbocycles. The highest BCUT2D eigenvalue weighted by Gasteiger charge is 2.29. The van der Waals surface area contributed by atoms with Crippen molar-refractivity contribution in [3.63, 3.8) is 0 Å². The van der Waals surface area contributed by atoms with Crippen LogP contribution in [0.15, 0.2) is 78.9 Å². The van der Waals surface area contributed by atoms with Crippen molar-refractivity contribution in [3.05, 3.63) is 95.0 Å². The van der Waals surface area contributed by atoms with E-state index in [1.165, 1.54) is 0 Å². The van der Waals surface area contributed by atoms with Gasteiger partial charge in [0.05, 0.1) is 7.05 Å². The molecule has 1 aliphatic rings. The lowest BCUT2D eigenvalue weighted by Gasteiger charge is -2.26. The van der Waals surface area contributed by atoms with Crippen molar-refractivity contribution in [2.24, 2.45) is 0 Å². The number of nitrogens with zero attached hydrogens (tertiary/aromatic N) is 3. The molecule has 4 aromatic rings. The molecule has 1 N–H and O–H groups in total. The minimum atomic E-state index is -2.84. The van der Waals surface area contributed by atoms with Crippen LogP contribution in [0.5, 0.6) is 17.2 Å². The summed E-state index contributed by atoms with van der Waals surface area (Å²) in [6.07, 6.45) is -0.439. The fraction of sp³-hybridized carbons (Fsp3) is 0.231. The standard InChI is InChI=1S/C26H24F2N4O3S/c1-30(15-18-11-13-20(14-12-18)34-25(27)28)17-31-26(36)32(19-7-3-2-4-8-19)24(29-31)23-16-33-21-9-5-6-10-22(21)35-23/h2-14,23,25H,15-17H2,1H3/p+1/t23-/m0/s1. The maximum atomic E-state index is 12.4. The van der Waals surface area contributed by atoms with Gasteiger partial charge < -0.3 is 19.1 Å². The largest absolute Gasteiger partial charge is 0.485 e. The number of para-hydroxylation sites is 3. The Morgan fingerprint density at radius 3 is 2.44 bits per heavy atom. The van der Waals surface area contributed by atoms with Crippen molar-refractivity contribution in [1.82, 2.24) is 14.3 Å². The van der Waals surface area contributed by atoms with Crippen molar-refractivity contribution in [1.29, 1.82) is 0 Å². The van der Waals surface area contributed by atoms with Crippen molar-refractivity contribution in [2.75, 3.05) is 13.7 Å². The van der Waals surface area contributed by atoms with Crippen LogP contribution in [0.4, 0.5) is 8.78 Å². The van der Waals surface area contributed by atoms with Gasteiger partial charge in [0.2, 0.25) is 4.77 Å². The Balaban J connectivity index is 1.39. The lowest BCUT2D eigenvalue weighted by molar-refractivity contribution is -0.917. The predicted molar refractivity (Wildman–Crippen MR) is 131 cm³/mol. The van der Waals surface area contributed by atoms with Crippen molar-refractivity contribution >= 4 is 12.2 Å². The number of nitrogens with one attached hydrogen (secondary N) is 1. The Hall–Kier alpha value is -3.76. The molecule has 0 saturated carbocycles. The molecule has 1 unspecified atom stereocenters. The number of quaternary nitrogens is 1. The Morgan fingerprint density at radius 1 is 1.03 bits per heavy atom. The first-order valence-electron chi connectivity index (χ1n) is 11.5. The molecule has 0 amide bonds. The smallest absolute Gasteiger partial charge is 0.387 e. The van der Waals surface area contributed by atoms with Crippen LogP contribution in [0, 0.1) is 4.77 Å². The zero-order chi connectivity index (χ0) is 25.1. The first-order valence-corrected chi connectivity index (χ1v) is 11.9. The van der Waals surface area contributed by atoms with E-state index in [0.717, 1.165) is 16.2 Å². The zero-order valence-corrected chi connectivity index (χ0v) is 20.3. The molecule has 0 radical (unpaired) electrons. The van der Waals surface area contributed by atoms with Gasteiger partial charge in [0.25, 0.3) is 0 Å². The number of benzene rings is 3. The van der Waals surface area contributed by atoms with Crippen LogP contribution < -0.4 is 19.1 Å². The molecule has 2 heterocycles. The summed E-state index contributed by atoms with van der Waals surface area (Å²) < 4.78 is 45.7. The Bertz CT molecular complexity index is 1380. The molecule has 1 aromatic heterocycles.